The van der Waals surface area contributed by atoms with E-state index in [1.165, 1.54) is 5.56 Å². The molecule has 1 aromatic carbocycles. The van der Waals surface area contributed by atoms with E-state index in [0.29, 0.717) is 0 Å². The third-order valence-electron chi connectivity index (χ3n) is 2.28. The highest BCUT2D eigenvalue weighted by atomic mass is 16.5. The van der Waals surface area contributed by atoms with Crippen molar-refractivity contribution in [2.45, 2.75) is 19.6 Å². The van der Waals surface area contributed by atoms with Crippen LogP contribution in [0.3, 0.4) is 0 Å². The van der Waals surface area contributed by atoms with Crippen LogP contribution in [0.25, 0.3) is 0 Å². The van der Waals surface area contributed by atoms with Gasteiger partial charge in [0.05, 0.1) is 6.61 Å². The minimum atomic E-state index is -0.586. The molecule has 96 valence electrons. The van der Waals surface area contributed by atoms with Crippen molar-refractivity contribution in [1.82, 2.24) is 5.32 Å². The predicted octanol–water partition coefficient (Wildman–Crippen LogP) is 1.18. The molecule has 0 aliphatic carbocycles. The number of hydrogen-bond donors (Lipinski definition) is 2. The molecule has 0 fully saturated rings. The van der Waals surface area contributed by atoms with E-state index in [0.717, 1.165) is 18.8 Å². The highest BCUT2D eigenvalue weighted by Crippen LogP contribution is 2.13. The maximum Gasteiger partial charge on any atom is 0.119 e. The van der Waals surface area contributed by atoms with Gasteiger partial charge in [-0.25, -0.2) is 0 Å². The first kappa shape index (κ1) is 14.0. The summed E-state index contributed by atoms with van der Waals surface area (Å²) in [6.07, 6.45) is -0.586. The van der Waals surface area contributed by atoms with Gasteiger partial charge in [-0.1, -0.05) is 19.1 Å². The zero-order chi connectivity index (χ0) is 12.5. The van der Waals surface area contributed by atoms with Gasteiger partial charge < -0.3 is 19.9 Å². The summed E-state index contributed by atoms with van der Waals surface area (Å²) < 4.78 is 10.3. The van der Waals surface area contributed by atoms with Gasteiger partial charge in [0, 0.05) is 13.7 Å². The maximum absolute atomic E-state index is 9.46. The molecule has 0 saturated heterocycles. The fraction of sp³-hybridized carbons (Fsp3) is 0.538. The van der Waals surface area contributed by atoms with E-state index in [4.69, 9.17) is 9.47 Å². The standard InChI is InChI=1S/C13H21NO3/c1-3-14-8-11-5-4-6-13(7-11)17-10-12(15)9-16-2/h4-7,12,14-15H,3,8-10H2,1-2H3. The van der Waals surface area contributed by atoms with Gasteiger partial charge in [-0.15, -0.1) is 0 Å². The van der Waals surface area contributed by atoms with Crippen molar-refractivity contribution in [2.24, 2.45) is 0 Å². The first-order valence-corrected chi connectivity index (χ1v) is 5.85. The lowest BCUT2D eigenvalue weighted by Gasteiger charge is -2.12. The summed E-state index contributed by atoms with van der Waals surface area (Å²) in [5.74, 6) is 0.774. The van der Waals surface area contributed by atoms with E-state index >= 15 is 0 Å². The van der Waals surface area contributed by atoms with Crippen molar-refractivity contribution in [2.75, 3.05) is 26.9 Å². The Labute approximate surface area is 103 Å². The molecule has 0 heterocycles. The van der Waals surface area contributed by atoms with Gasteiger partial charge in [0.1, 0.15) is 18.5 Å². The SMILES string of the molecule is CCNCc1cccc(OCC(O)COC)c1. The molecular formula is C13H21NO3. The Balaban J connectivity index is 2.42. The molecule has 1 atom stereocenters. The smallest absolute Gasteiger partial charge is 0.119 e. The van der Waals surface area contributed by atoms with Crippen molar-refractivity contribution in [3.63, 3.8) is 0 Å². The molecule has 0 bridgehead atoms. The highest BCUT2D eigenvalue weighted by Gasteiger charge is 2.04. The van der Waals surface area contributed by atoms with Gasteiger partial charge in [0.25, 0.3) is 0 Å². The van der Waals surface area contributed by atoms with Crippen LogP contribution in [0.5, 0.6) is 5.75 Å². The molecule has 4 heteroatoms. The summed E-state index contributed by atoms with van der Waals surface area (Å²) in [6, 6.07) is 7.85. The van der Waals surface area contributed by atoms with Gasteiger partial charge in [0.2, 0.25) is 0 Å². The van der Waals surface area contributed by atoms with Gasteiger partial charge in [-0.3, -0.25) is 0 Å². The van der Waals surface area contributed by atoms with Crippen LogP contribution in [0.15, 0.2) is 24.3 Å². The lowest BCUT2D eigenvalue weighted by Crippen LogP contribution is -2.22. The minimum absolute atomic E-state index is 0.249. The highest BCUT2D eigenvalue weighted by molar-refractivity contribution is 5.28. The summed E-state index contributed by atoms with van der Waals surface area (Å²) in [7, 11) is 1.56. The average molecular weight is 239 g/mol. The lowest BCUT2D eigenvalue weighted by molar-refractivity contribution is 0.0325. The number of benzene rings is 1. The number of aliphatic hydroxyl groups excluding tert-OH is 1. The minimum Gasteiger partial charge on any atom is -0.491 e. The second-order valence-electron chi connectivity index (χ2n) is 3.85. The van der Waals surface area contributed by atoms with E-state index in [9.17, 15) is 5.11 Å². The number of rotatable bonds is 8. The van der Waals surface area contributed by atoms with Crippen LogP contribution < -0.4 is 10.1 Å². The second kappa shape index (κ2) is 8.06. The first-order valence-electron chi connectivity index (χ1n) is 5.85. The van der Waals surface area contributed by atoms with Crippen molar-refractivity contribution < 1.29 is 14.6 Å². The molecule has 0 aliphatic heterocycles. The number of hydrogen-bond acceptors (Lipinski definition) is 4. The third kappa shape index (κ3) is 5.68. The molecule has 0 aromatic heterocycles. The second-order valence-corrected chi connectivity index (χ2v) is 3.85. The van der Waals surface area contributed by atoms with Crippen LogP contribution >= 0.6 is 0 Å². The fourth-order valence-corrected chi connectivity index (χ4v) is 1.45. The van der Waals surface area contributed by atoms with E-state index < -0.39 is 6.10 Å². The molecule has 0 radical (unpaired) electrons. The quantitative estimate of drug-likeness (QED) is 0.715. The predicted molar refractivity (Wildman–Crippen MR) is 67.2 cm³/mol. The Morgan fingerprint density at radius 1 is 1.35 bits per heavy atom. The van der Waals surface area contributed by atoms with Crippen molar-refractivity contribution >= 4 is 0 Å². The van der Waals surface area contributed by atoms with Crippen molar-refractivity contribution in [1.29, 1.82) is 0 Å². The largest absolute Gasteiger partial charge is 0.491 e. The van der Waals surface area contributed by atoms with Gasteiger partial charge in [-0.05, 0) is 24.2 Å². The van der Waals surface area contributed by atoms with Gasteiger partial charge in [-0.2, -0.15) is 0 Å². The van der Waals surface area contributed by atoms with Gasteiger partial charge in [0.15, 0.2) is 0 Å². The summed E-state index contributed by atoms with van der Waals surface area (Å²) in [4.78, 5) is 0. The number of ether oxygens (including phenoxy) is 2. The number of nitrogens with one attached hydrogen (secondary N) is 1. The van der Waals surface area contributed by atoms with Crippen LogP contribution in [0.1, 0.15) is 12.5 Å². The maximum atomic E-state index is 9.46. The Bertz CT molecular complexity index is 317. The normalized spacial score (nSPS) is 12.4. The molecule has 0 spiro atoms. The molecule has 0 aliphatic rings. The molecule has 2 N–H and O–H groups in total. The van der Waals surface area contributed by atoms with Crippen molar-refractivity contribution in [3.05, 3.63) is 29.8 Å². The monoisotopic (exact) mass is 239 g/mol. The average Bonchev–Trinajstić information content (AvgIpc) is 2.35. The molecular weight excluding hydrogens is 218 g/mol. The molecule has 1 aromatic rings. The van der Waals surface area contributed by atoms with Crippen LogP contribution in [0.2, 0.25) is 0 Å². The van der Waals surface area contributed by atoms with E-state index in [2.05, 4.69) is 12.2 Å². The van der Waals surface area contributed by atoms with Gasteiger partial charge >= 0.3 is 0 Å². The molecule has 4 nitrogen and oxygen atoms in total. The van der Waals surface area contributed by atoms with Crippen LogP contribution in [0, 0.1) is 0 Å². The topological polar surface area (TPSA) is 50.7 Å². The Hall–Kier alpha value is -1.10. The Kier molecular flexibility index (Phi) is 6.62. The Morgan fingerprint density at radius 3 is 2.88 bits per heavy atom. The third-order valence-corrected chi connectivity index (χ3v) is 2.28. The van der Waals surface area contributed by atoms with Crippen LogP contribution in [-0.4, -0.2) is 38.1 Å². The molecule has 1 rings (SSSR count). The fourth-order valence-electron chi connectivity index (χ4n) is 1.45. The first-order chi connectivity index (χ1) is 8.26. The van der Waals surface area contributed by atoms with E-state index in [1.54, 1.807) is 7.11 Å². The molecule has 1 unspecified atom stereocenters. The zero-order valence-electron chi connectivity index (χ0n) is 10.5. The molecule has 0 amide bonds. The van der Waals surface area contributed by atoms with Crippen molar-refractivity contribution in [3.8, 4) is 5.75 Å². The summed E-state index contributed by atoms with van der Waals surface area (Å²) in [6.45, 7) is 4.38. The molecule has 0 saturated carbocycles. The van der Waals surface area contributed by atoms with Crippen LogP contribution in [-0.2, 0) is 11.3 Å². The molecule has 17 heavy (non-hydrogen) atoms. The number of methoxy groups -OCH3 is 1. The van der Waals surface area contributed by atoms with Crippen LogP contribution in [0.4, 0.5) is 0 Å². The summed E-state index contributed by atoms with van der Waals surface area (Å²) in [5, 5.41) is 12.7. The Morgan fingerprint density at radius 2 is 2.18 bits per heavy atom. The zero-order valence-corrected chi connectivity index (χ0v) is 10.5. The van der Waals surface area contributed by atoms with E-state index in [-0.39, 0.29) is 13.2 Å². The lowest BCUT2D eigenvalue weighted by atomic mass is 10.2. The number of aliphatic hydroxyl groups is 1. The summed E-state index contributed by atoms with van der Waals surface area (Å²) >= 11 is 0. The van der Waals surface area contributed by atoms with E-state index in [1.807, 2.05) is 24.3 Å². The summed E-state index contributed by atoms with van der Waals surface area (Å²) in [5.41, 5.74) is 1.17.